The molecule has 108 valence electrons. The third-order valence-electron chi connectivity index (χ3n) is 2.94. The van der Waals surface area contributed by atoms with Crippen LogP contribution >= 0.6 is 0 Å². The summed E-state index contributed by atoms with van der Waals surface area (Å²) in [6.45, 7) is 5.19. The molecule has 0 saturated heterocycles. The van der Waals surface area contributed by atoms with E-state index >= 15 is 0 Å². The molecule has 0 bridgehead atoms. The van der Waals surface area contributed by atoms with Crippen LogP contribution in [0.5, 0.6) is 11.6 Å². The smallest absolute Gasteiger partial charge is 0.222 e. The number of nitrogens with one attached hydrogen (secondary N) is 1. The summed E-state index contributed by atoms with van der Waals surface area (Å²) in [7, 11) is 1.70. The average molecular weight is 281 g/mol. The molecule has 2 rings (SSSR count). The Bertz CT molecular complexity index is 611. The lowest BCUT2D eigenvalue weighted by molar-refractivity contribution is 0.395. The van der Waals surface area contributed by atoms with Gasteiger partial charge >= 0.3 is 0 Å². The summed E-state index contributed by atoms with van der Waals surface area (Å²) in [5, 5.41) is 7.42. The highest BCUT2D eigenvalue weighted by Gasteiger charge is 2.17. The lowest BCUT2D eigenvalue weighted by Crippen LogP contribution is -2.13. The summed E-state index contributed by atoms with van der Waals surface area (Å²) in [6.07, 6.45) is 0. The molecule has 0 unspecified atom stereocenters. The number of benzene rings is 1. The Kier molecular flexibility index (Phi) is 4.34. The predicted octanol–water partition coefficient (Wildman–Crippen LogP) is 2.91. The summed E-state index contributed by atoms with van der Waals surface area (Å²) in [4.78, 5) is 0. The van der Waals surface area contributed by atoms with Gasteiger partial charge in [0.05, 0.1) is 11.3 Å². The zero-order chi connectivity index (χ0) is 14.7. The van der Waals surface area contributed by atoms with Crippen molar-refractivity contribution in [2.45, 2.75) is 20.4 Å². The van der Waals surface area contributed by atoms with Crippen LogP contribution in [0.15, 0.2) is 18.2 Å². The predicted molar refractivity (Wildman–Crippen MR) is 71.8 cm³/mol. The first kappa shape index (κ1) is 14.5. The van der Waals surface area contributed by atoms with E-state index in [2.05, 4.69) is 10.4 Å². The first-order valence-electron chi connectivity index (χ1n) is 6.39. The van der Waals surface area contributed by atoms with Gasteiger partial charge in [-0.25, -0.2) is 13.5 Å². The Labute approximate surface area is 116 Å². The van der Waals surface area contributed by atoms with Crippen molar-refractivity contribution in [2.75, 3.05) is 6.54 Å². The van der Waals surface area contributed by atoms with Crippen molar-refractivity contribution in [3.63, 3.8) is 0 Å². The van der Waals surface area contributed by atoms with E-state index in [9.17, 15) is 8.78 Å². The molecule has 1 heterocycles. The first-order chi connectivity index (χ1) is 9.52. The molecule has 0 aliphatic rings. The van der Waals surface area contributed by atoms with E-state index in [1.807, 2.05) is 13.8 Å². The van der Waals surface area contributed by atoms with E-state index in [0.29, 0.717) is 12.4 Å². The summed E-state index contributed by atoms with van der Waals surface area (Å²) < 4.78 is 33.9. The van der Waals surface area contributed by atoms with Gasteiger partial charge < -0.3 is 10.1 Å². The van der Waals surface area contributed by atoms with Gasteiger partial charge in [-0.2, -0.15) is 5.10 Å². The Balaban J connectivity index is 2.35. The summed E-state index contributed by atoms with van der Waals surface area (Å²) >= 11 is 0. The van der Waals surface area contributed by atoms with Crippen molar-refractivity contribution in [2.24, 2.45) is 7.05 Å². The normalized spacial score (nSPS) is 10.8. The van der Waals surface area contributed by atoms with Crippen molar-refractivity contribution >= 4 is 0 Å². The molecule has 0 saturated carbocycles. The number of aromatic nitrogens is 2. The molecule has 0 spiro atoms. The lowest BCUT2D eigenvalue weighted by atomic mass is 10.2. The van der Waals surface area contributed by atoms with E-state index in [0.717, 1.165) is 36.0 Å². The van der Waals surface area contributed by atoms with Crippen molar-refractivity contribution in [3.05, 3.63) is 41.1 Å². The van der Waals surface area contributed by atoms with E-state index in [1.165, 1.54) is 4.68 Å². The minimum Gasteiger partial charge on any atom is -0.436 e. The molecule has 4 nitrogen and oxygen atoms in total. The maximum absolute atomic E-state index is 13.6. The molecule has 0 aliphatic carbocycles. The molecule has 20 heavy (non-hydrogen) atoms. The van der Waals surface area contributed by atoms with Gasteiger partial charge in [0.1, 0.15) is 5.82 Å². The summed E-state index contributed by atoms with van der Waals surface area (Å²) in [5.41, 5.74) is 1.62. The maximum Gasteiger partial charge on any atom is 0.222 e. The zero-order valence-electron chi connectivity index (χ0n) is 11.7. The van der Waals surface area contributed by atoms with Gasteiger partial charge in [0.25, 0.3) is 0 Å². The van der Waals surface area contributed by atoms with E-state index in [1.54, 1.807) is 7.05 Å². The van der Waals surface area contributed by atoms with E-state index < -0.39 is 11.6 Å². The summed E-state index contributed by atoms with van der Waals surface area (Å²) in [5.74, 6) is -0.896. The second-order valence-electron chi connectivity index (χ2n) is 4.45. The van der Waals surface area contributed by atoms with Gasteiger partial charge in [0.2, 0.25) is 5.88 Å². The molecule has 0 fully saturated rings. The molecule has 6 heteroatoms. The molecular weight excluding hydrogens is 264 g/mol. The van der Waals surface area contributed by atoms with Crippen molar-refractivity contribution in [1.29, 1.82) is 0 Å². The fourth-order valence-electron chi connectivity index (χ4n) is 1.92. The molecule has 1 aromatic heterocycles. The van der Waals surface area contributed by atoms with Crippen LogP contribution in [0.2, 0.25) is 0 Å². The highest BCUT2D eigenvalue weighted by molar-refractivity contribution is 5.36. The zero-order valence-corrected chi connectivity index (χ0v) is 11.7. The SMILES string of the molecule is CCNCc1c(C)nn(C)c1Oc1cc(F)ccc1F. The second kappa shape index (κ2) is 6.00. The highest BCUT2D eigenvalue weighted by atomic mass is 19.1. The summed E-state index contributed by atoms with van der Waals surface area (Å²) in [6, 6.07) is 3.11. The maximum atomic E-state index is 13.6. The van der Waals surface area contributed by atoms with Crippen LogP contribution < -0.4 is 10.1 Å². The molecule has 0 radical (unpaired) electrons. The second-order valence-corrected chi connectivity index (χ2v) is 4.45. The van der Waals surface area contributed by atoms with E-state index in [4.69, 9.17) is 4.74 Å². The van der Waals surface area contributed by atoms with Gasteiger partial charge in [0.15, 0.2) is 11.6 Å². The van der Waals surface area contributed by atoms with Crippen LogP contribution in [-0.2, 0) is 13.6 Å². The third kappa shape index (κ3) is 2.96. The van der Waals surface area contributed by atoms with Gasteiger partial charge in [-0.05, 0) is 25.6 Å². The topological polar surface area (TPSA) is 39.1 Å². The first-order valence-corrected chi connectivity index (χ1v) is 6.39. The van der Waals surface area contributed by atoms with Gasteiger partial charge in [0, 0.05) is 19.7 Å². The number of nitrogens with zero attached hydrogens (tertiary/aromatic N) is 2. The van der Waals surface area contributed by atoms with Crippen LogP contribution in [-0.4, -0.2) is 16.3 Å². The fraction of sp³-hybridized carbons (Fsp3) is 0.357. The Morgan fingerprint density at radius 3 is 2.80 bits per heavy atom. The minimum absolute atomic E-state index is 0.147. The quantitative estimate of drug-likeness (QED) is 0.916. The fourth-order valence-corrected chi connectivity index (χ4v) is 1.92. The molecule has 1 N–H and O–H groups in total. The number of hydrogen-bond donors (Lipinski definition) is 1. The molecule has 0 atom stereocenters. The molecule has 2 aromatic rings. The Morgan fingerprint density at radius 2 is 2.10 bits per heavy atom. The third-order valence-corrected chi connectivity index (χ3v) is 2.94. The molecule has 0 amide bonds. The number of ether oxygens (including phenoxy) is 1. The van der Waals surface area contributed by atoms with Crippen molar-refractivity contribution < 1.29 is 13.5 Å². The van der Waals surface area contributed by atoms with Gasteiger partial charge in [-0.1, -0.05) is 6.92 Å². The monoisotopic (exact) mass is 281 g/mol. The minimum atomic E-state index is -0.611. The highest BCUT2D eigenvalue weighted by Crippen LogP contribution is 2.29. The van der Waals surface area contributed by atoms with Crippen LogP contribution in [0, 0.1) is 18.6 Å². The molecular formula is C14H17F2N3O. The molecule has 0 aliphatic heterocycles. The Morgan fingerprint density at radius 1 is 1.35 bits per heavy atom. The number of rotatable bonds is 5. The van der Waals surface area contributed by atoms with Gasteiger partial charge in [-0.3, -0.25) is 0 Å². The number of hydrogen-bond acceptors (Lipinski definition) is 3. The van der Waals surface area contributed by atoms with Crippen molar-refractivity contribution in [3.8, 4) is 11.6 Å². The Hall–Kier alpha value is -1.95. The largest absolute Gasteiger partial charge is 0.436 e. The van der Waals surface area contributed by atoms with Crippen LogP contribution in [0.4, 0.5) is 8.78 Å². The number of aryl methyl sites for hydroxylation is 2. The van der Waals surface area contributed by atoms with Crippen molar-refractivity contribution in [1.82, 2.24) is 15.1 Å². The van der Waals surface area contributed by atoms with Gasteiger partial charge in [-0.15, -0.1) is 0 Å². The van der Waals surface area contributed by atoms with Crippen LogP contribution in [0.25, 0.3) is 0 Å². The van der Waals surface area contributed by atoms with E-state index in [-0.39, 0.29) is 5.75 Å². The standard InChI is InChI=1S/C14H17F2N3O/c1-4-17-8-11-9(2)18-19(3)14(11)20-13-7-10(15)5-6-12(13)16/h5-7,17H,4,8H2,1-3H3. The van der Waals surface area contributed by atoms with Crippen LogP contribution in [0.3, 0.4) is 0 Å². The molecule has 1 aromatic carbocycles. The average Bonchev–Trinajstić information content (AvgIpc) is 2.66. The van der Waals surface area contributed by atoms with Crippen LogP contribution in [0.1, 0.15) is 18.2 Å². The number of halogens is 2. The lowest BCUT2D eigenvalue weighted by Gasteiger charge is -2.10.